The number of aliphatic hydroxyl groups is 1. The van der Waals surface area contributed by atoms with Crippen LogP contribution in [0.4, 0.5) is 0 Å². The number of rotatable bonds is 41. The van der Waals surface area contributed by atoms with Crippen molar-refractivity contribution in [2.75, 3.05) is 26.4 Å². The van der Waals surface area contributed by atoms with Crippen molar-refractivity contribution in [2.45, 2.75) is 161 Å². The molecule has 0 aromatic rings. The summed E-state index contributed by atoms with van der Waals surface area (Å²) in [5, 5.41) is 12.7. The van der Waals surface area contributed by atoms with E-state index in [-0.39, 0.29) is 32.1 Å². The van der Waals surface area contributed by atoms with E-state index in [0.717, 1.165) is 122 Å². The van der Waals surface area contributed by atoms with Crippen molar-refractivity contribution >= 4 is 19.7 Å². The molecular formula is C51H82NO8P. The molecule has 1 amide bonds. The lowest BCUT2D eigenvalue weighted by Gasteiger charge is -2.15. The predicted molar refractivity (Wildman–Crippen MR) is 256 cm³/mol. The highest BCUT2D eigenvalue weighted by atomic mass is 31.2. The van der Waals surface area contributed by atoms with Crippen molar-refractivity contribution in [3.63, 3.8) is 0 Å². The lowest BCUT2D eigenvalue weighted by atomic mass is 10.1. The van der Waals surface area contributed by atoms with Crippen LogP contribution in [-0.4, -0.2) is 54.3 Å². The molecule has 0 aromatic heterocycles. The number of hydrogen-bond donors (Lipinski definition) is 3. The van der Waals surface area contributed by atoms with E-state index in [0.29, 0.717) is 12.8 Å². The summed E-state index contributed by atoms with van der Waals surface area (Å²) in [6, 6.07) is 0. The molecule has 0 rings (SSSR count). The van der Waals surface area contributed by atoms with Crippen LogP contribution in [0, 0.1) is 0 Å². The van der Waals surface area contributed by atoms with Crippen LogP contribution in [0.2, 0.25) is 0 Å². The van der Waals surface area contributed by atoms with Gasteiger partial charge in [0.2, 0.25) is 5.91 Å². The van der Waals surface area contributed by atoms with Crippen molar-refractivity contribution in [1.82, 2.24) is 5.32 Å². The highest BCUT2D eigenvalue weighted by Crippen LogP contribution is 2.42. The fraction of sp³-hybridized carbons (Fsp3) is 0.569. The second-order valence-corrected chi connectivity index (χ2v) is 16.1. The molecule has 0 bridgehead atoms. The summed E-state index contributed by atoms with van der Waals surface area (Å²) in [5.74, 6) is -0.580. The van der Waals surface area contributed by atoms with Gasteiger partial charge in [-0.2, -0.15) is 0 Å². The number of phosphoric ester groups is 1. The number of phosphoric acid groups is 1. The van der Waals surface area contributed by atoms with Gasteiger partial charge in [0, 0.05) is 19.4 Å². The van der Waals surface area contributed by atoms with E-state index in [1.807, 2.05) is 0 Å². The lowest BCUT2D eigenvalue weighted by molar-refractivity contribution is -0.147. The van der Waals surface area contributed by atoms with E-state index in [9.17, 15) is 24.2 Å². The normalized spacial score (nSPS) is 14.4. The van der Waals surface area contributed by atoms with Crippen LogP contribution in [0.5, 0.6) is 0 Å². The van der Waals surface area contributed by atoms with Crippen LogP contribution in [0.3, 0.4) is 0 Å². The maximum absolute atomic E-state index is 12.1. The zero-order valence-electron chi connectivity index (χ0n) is 37.8. The van der Waals surface area contributed by atoms with Gasteiger partial charge in [-0.15, -0.1) is 0 Å². The van der Waals surface area contributed by atoms with Crippen LogP contribution in [0.25, 0.3) is 0 Å². The van der Waals surface area contributed by atoms with Gasteiger partial charge in [0.15, 0.2) is 0 Å². The summed E-state index contributed by atoms with van der Waals surface area (Å²) in [5.41, 5.74) is 0. The number of esters is 1. The Bertz CT molecular complexity index is 1400. The molecule has 61 heavy (non-hydrogen) atoms. The van der Waals surface area contributed by atoms with E-state index in [1.54, 1.807) is 0 Å². The van der Waals surface area contributed by atoms with Gasteiger partial charge < -0.3 is 20.1 Å². The zero-order chi connectivity index (χ0) is 44.6. The molecule has 9 nitrogen and oxygen atoms in total. The quantitative estimate of drug-likeness (QED) is 0.0240. The summed E-state index contributed by atoms with van der Waals surface area (Å²) >= 11 is 0. The third-order valence-electron chi connectivity index (χ3n) is 8.89. The van der Waals surface area contributed by atoms with Crippen molar-refractivity contribution in [3.05, 3.63) is 122 Å². The predicted octanol–water partition coefficient (Wildman–Crippen LogP) is 13.3. The number of ether oxygens (including phenoxy) is 1. The summed E-state index contributed by atoms with van der Waals surface area (Å²) in [6.07, 6.45) is 62.7. The standard InChI is InChI=1S/C51H82NO8P/c1-3-5-7-9-11-13-15-17-19-21-23-24-26-28-30-32-34-36-38-40-42-44-51(55)58-47-49(53)48-60-61(56,57)59-46-45-52-50(54)43-41-39-37-35-33-31-29-27-25-22-20-18-16-14-12-10-8-6-4-2/h5-8,11-14,17-20,23-25,27-28,30-31,33,49,53H,3-4,9-10,15-16,21-22,26,29,32,34-48H2,1-2H3,(H,52,54)(H,56,57)/b7-5-,8-6-,13-11-,14-12-,19-17-,20-18-,24-23-,27-25-,30-28-,33-31-. The van der Waals surface area contributed by atoms with Gasteiger partial charge in [0.25, 0.3) is 0 Å². The van der Waals surface area contributed by atoms with Gasteiger partial charge in [-0.3, -0.25) is 18.6 Å². The molecule has 0 aliphatic heterocycles. The summed E-state index contributed by atoms with van der Waals surface area (Å²) in [4.78, 5) is 34.0. The number of allylic oxidation sites excluding steroid dienone is 20. The molecule has 10 heteroatoms. The smallest absolute Gasteiger partial charge is 0.463 e. The highest BCUT2D eigenvalue weighted by Gasteiger charge is 2.23. The largest absolute Gasteiger partial charge is 0.472 e. The van der Waals surface area contributed by atoms with Gasteiger partial charge in [0.05, 0.1) is 13.2 Å². The second-order valence-electron chi connectivity index (χ2n) is 14.6. The van der Waals surface area contributed by atoms with Crippen LogP contribution in [-0.2, 0) is 27.9 Å². The van der Waals surface area contributed by atoms with Crippen LogP contribution >= 0.6 is 7.82 Å². The fourth-order valence-electron chi connectivity index (χ4n) is 5.49. The van der Waals surface area contributed by atoms with Gasteiger partial charge >= 0.3 is 13.8 Å². The Kier molecular flexibility index (Phi) is 43.2. The molecule has 0 saturated carbocycles. The molecule has 0 spiro atoms. The van der Waals surface area contributed by atoms with Gasteiger partial charge in [-0.1, -0.05) is 161 Å². The number of carbonyl (C=O) groups is 2. The SMILES string of the molecule is CC/C=C\C/C=C\C/C=C\C/C=C\C/C=C\CCCCCCCC(=O)OCC(O)COP(=O)(O)OCCNC(=O)CCCCC/C=C\C/C=C\C/C=C\C/C=C\C/C=C\CC. The Morgan fingerprint density at radius 2 is 0.885 bits per heavy atom. The van der Waals surface area contributed by atoms with Crippen LogP contribution in [0.15, 0.2) is 122 Å². The van der Waals surface area contributed by atoms with E-state index in [1.165, 1.54) is 0 Å². The molecule has 0 radical (unpaired) electrons. The minimum atomic E-state index is -4.44. The Morgan fingerprint density at radius 3 is 1.34 bits per heavy atom. The molecule has 2 unspecified atom stereocenters. The molecule has 3 N–H and O–H groups in total. The van der Waals surface area contributed by atoms with E-state index < -0.39 is 26.5 Å². The van der Waals surface area contributed by atoms with Crippen molar-refractivity contribution in [1.29, 1.82) is 0 Å². The molecule has 344 valence electrons. The third kappa shape index (κ3) is 47.3. The Hall–Kier alpha value is -3.59. The number of unbranched alkanes of at least 4 members (excludes halogenated alkanes) is 8. The Morgan fingerprint density at radius 1 is 0.508 bits per heavy atom. The van der Waals surface area contributed by atoms with Crippen molar-refractivity contribution in [2.24, 2.45) is 0 Å². The van der Waals surface area contributed by atoms with Gasteiger partial charge in [0.1, 0.15) is 12.7 Å². The minimum absolute atomic E-state index is 0.0528. The summed E-state index contributed by atoms with van der Waals surface area (Å²) in [6.45, 7) is 3.23. The first-order chi connectivity index (χ1) is 29.8. The average Bonchev–Trinajstić information content (AvgIpc) is 3.25. The molecule has 0 fully saturated rings. The molecule has 0 aliphatic rings. The molecule has 0 heterocycles. The first-order valence-electron chi connectivity index (χ1n) is 23.0. The first kappa shape index (κ1) is 57.4. The van der Waals surface area contributed by atoms with Crippen LogP contribution < -0.4 is 5.32 Å². The van der Waals surface area contributed by atoms with Gasteiger partial charge in [-0.05, 0) is 103 Å². The van der Waals surface area contributed by atoms with Crippen LogP contribution in [0.1, 0.15) is 155 Å². The molecule has 0 aliphatic carbocycles. The number of carbonyl (C=O) groups excluding carboxylic acids is 2. The molecule has 0 aromatic carbocycles. The number of hydrogen-bond acceptors (Lipinski definition) is 7. The lowest BCUT2D eigenvalue weighted by Crippen LogP contribution is -2.27. The molecule has 2 atom stereocenters. The van der Waals surface area contributed by atoms with E-state index in [4.69, 9.17) is 13.8 Å². The Balaban J connectivity index is 3.72. The molecular weight excluding hydrogens is 786 g/mol. The monoisotopic (exact) mass is 868 g/mol. The zero-order valence-corrected chi connectivity index (χ0v) is 38.7. The average molecular weight is 868 g/mol. The second kappa shape index (κ2) is 45.9. The van der Waals surface area contributed by atoms with Crippen molar-refractivity contribution < 1.29 is 37.9 Å². The van der Waals surface area contributed by atoms with Crippen molar-refractivity contribution in [3.8, 4) is 0 Å². The van der Waals surface area contributed by atoms with E-state index in [2.05, 4.69) is 141 Å². The maximum Gasteiger partial charge on any atom is 0.472 e. The fourth-order valence-corrected chi connectivity index (χ4v) is 6.25. The summed E-state index contributed by atoms with van der Waals surface area (Å²) < 4.78 is 26.9. The highest BCUT2D eigenvalue weighted by molar-refractivity contribution is 7.47. The number of nitrogens with one attached hydrogen (secondary N) is 1. The number of aliphatic hydroxyl groups excluding tert-OH is 1. The number of amides is 1. The topological polar surface area (TPSA) is 131 Å². The Labute approximate surface area is 370 Å². The third-order valence-corrected chi connectivity index (χ3v) is 9.87. The maximum atomic E-state index is 12.1. The summed E-state index contributed by atoms with van der Waals surface area (Å²) in [7, 11) is -4.44. The first-order valence-corrected chi connectivity index (χ1v) is 24.5. The van der Waals surface area contributed by atoms with Gasteiger partial charge in [-0.25, -0.2) is 4.57 Å². The van der Waals surface area contributed by atoms with E-state index >= 15 is 0 Å². The minimum Gasteiger partial charge on any atom is -0.463 e. The molecule has 0 saturated heterocycles.